The molecular weight excluding hydrogens is 361 g/mol. The fraction of sp³-hybridized carbons (Fsp3) is 0.333. The molecule has 0 spiro atoms. The summed E-state index contributed by atoms with van der Waals surface area (Å²) in [6, 6.07) is 9.13. The van der Waals surface area contributed by atoms with Crippen LogP contribution in [0.3, 0.4) is 0 Å². The van der Waals surface area contributed by atoms with E-state index in [4.69, 9.17) is 23.2 Å². The lowest BCUT2D eigenvalue weighted by Gasteiger charge is -2.28. The molecule has 2 N–H and O–H groups in total. The number of halogens is 2. The maximum absolute atomic E-state index is 12.4. The maximum Gasteiger partial charge on any atom is 0.273 e. The molecule has 132 valence electrons. The second-order valence-electron chi connectivity index (χ2n) is 6.01. The maximum atomic E-state index is 12.4. The number of aromatic nitrogens is 1. The Labute approximate surface area is 156 Å². The zero-order valence-corrected chi connectivity index (χ0v) is 15.1. The van der Waals surface area contributed by atoms with E-state index in [1.165, 1.54) is 12.3 Å². The quantitative estimate of drug-likeness (QED) is 0.831. The predicted octanol–water partition coefficient (Wildman–Crippen LogP) is 3.66. The lowest BCUT2D eigenvalue weighted by Crippen LogP contribution is -2.37. The van der Waals surface area contributed by atoms with Crippen LogP contribution in [0.25, 0.3) is 0 Å². The van der Waals surface area contributed by atoms with Crippen LogP contribution in [0.15, 0.2) is 36.5 Å². The first kappa shape index (κ1) is 18.0. The van der Waals surface area contributed by atoms with Gasteiger partial charge in [-0.25, -0.2) is 4.98 Å². The number of carbonyl (C=O) groups excluding carboxylic acids is 1. The molecule has 25 heavy (non-hydrogen) atoms. The molecule has 0 aliphatic carbocycles. The van der Waals surface area contributed by atoms with Crippen LogP contribution in [0.4, 0.5) is 0 Å². The summed E-state index contributed by atoms with van der Waals surface area (Å²) < 4.78 is 0. The molecule has 1 aromatic carbocycles. The Kier molecular flexibility index (Phi) is 5.78. The second kappa shape index (κ2) is 8.04. The highest BCUT2D eigenvalue weighted by atomic mass is 35.5. The third-order valence-corrected chi connectivity index (χ3v) is 4.90. The molecule has 1 unspecified atom stereocenters. The Balaban J connectivity index is 1.76. The molecule has 3 rings (SSSR count). The van der Waals surface area contributed by atoms with E-state index in [1.807, 2.05) is 24.3 Å². The highest BCUT2D eigenvalue weighted by Gasteiger charge is 2.25. The largest absolute Gasteiger partial charge is 0.504 e. The summed E-state index contributed by atoms with van der Waals surface area (Å²) in [6.07, 6.45) is 3.68. The summed E-state index contributed by atoms with van der Waals surface area (Å²) in [6.45, 7) is 2.36. The van der Waals surface area contributed by atoms with E-state index in [1.54, 1.807) is 0 Å². The van der Waals surface area contributed by atoms with Crippen LogP contribution < -0.4 is 5.32 Å². The van der Waals surface area contributed by atoms with Crippen molar-refractivity contribution in [2.24, 2.45) is 0 Å². The SMILES string of the molecule is O=C(NCC(c1cccc(Cl)c1)N1CCCC1)c1nccc(Cl)c1O. The molecule has 1 aromatic heterocycles. The van der Waals surface area contributed by atoms with Gasteiger partial charge in [0.25, 0.3) is 5.91 Å². The summed E-state index contributed by atoms with van der Waals surface area (Å²) in [5.74, 6) is -0.756. The van der Waals surface area contributed by atoms with Crippen LogP contribution >= 0.6 is 23.2 Å². The standard InChI is InChI=1S/C18H19Cl2N3O2/c19-13-5-3-4-12(10-13)15(23-8-1-2-9-23)11-22-18(25)16-17(24)14(20)6-7-21-16/h3-7,10,15,24H,1-2,8-9,11H2,(H,22,25). The molecule has 1 atom stereocenters. The minimum atomic E-state index is -0.453. The fourth-order valence-electron chi connectivity index (χ4n) is 3.09. The highest BCUT2D eigenvalue weighted by molar-refractivity contribution is 6.32. The van der Waals surface area contributed by atoms with E-state index in [0.717, 1.165) is 31.5 Å². The summed E-state index contributed by atoms with van der Waals surface area (Å²) in [7, 11) is 0. The van der Waals surface area contributed by atoms with Crippen LogP contribution in [0.5, 0.6) is 5.75 Å². The molecule has 0 radical (unpaired) electrons. The van der Waals surface area contributed by atoms with Crippen molar-refractivity contribution in [3.63, 3.8) is 0 Å². The van der Waals surface area contributed by atoms with Gasteiger partial charge >= 0.3 is 0 Å². The van der Waals surface area contributed by atoms with Gasteiger partial charge in [-0.2, -0.15) is 0 Å². The first-order chi connectivity index (χ1) is 12.1. The number of nitrogens with one attached hydrogen (secondary N) is 1. The Morgan fingerprint density at radius 1 is 1.28 bits per heavy atom. The lowest BCUT2D eigenvalue weighted by molar-refractivity contribution is 0.0930. The van der Waals surface area contributed by atoms with Gasteiger partial charge in [0.1, 0.15) is 0 Å². The first-order valence-electron chi connectivity index (χ1n) is 8.17. The van der Waals surface area contributed by atoms with E-state index < -0.39 is 5.91 Å². The van der Waals surface area contributed by atoms with Crippen molar-refractivity contribution in [1.29, 1.82) is 0 Å². The van der Waals surface area contributed by atoms with E-state index in [-0.39, 0.29) is 22.5 Å². The first-order valence-corrected chi connectivity index (χ1v) is 8.93. The molecule has 1 aliphatic heterocycles. The number of carbonyl (C=O) groups is 1. The summed E-state index contributed by atoms with van der Waals surface area (Å²) >= 11 is 12.0. The van der Waals surface area contributed by atoms with E-state index in [0.29, 0.717) is 11.6 Å². The number of benzene rings is 1. The van der Waals surface area contributed by atoms with Crippen molar-refractivity contribution in [3.8, 4) is 5.75 Å². The van der Waals surface area contributed by atoms with Crippen molar-refractivity contribution in [3.05, 3.63) is 57.8 Å². The van der Waals surface area contributed by atoms with Crippen LogP contribution in [-0.4, -0.2) is 40.5 Å². The molecule has 1 amide bonds. The van der Waals surface area contributed by atoms with E-state index >= 15 is 0 Å². The molecule has 0 saturated carbocycles. The number of likely N-dealkylation sites (tertiary alicyclic amines) is 1. The van der Waals surface area contributed by atoms with Gasteiger partial charge in [0.2, 0.25) is 0 Å². The lowest BCUT2D eigenvalue weighted by atomic mass is 10.1. The minimum Gasteiger partial charge on any atom is -0.504 e. The summed E-state index contributed by atoms with van der Waals surface area (Å²) in [5, 5.41) is 13.5. The van der Waals surface area contributed by atoms with Gasteiger partial charge in [-0.05, 0) is 49.7 Å². The molecule has 1 saturated heterocycles. The van der Waals surface area contributed by atoms with Crippen LogP contribution in [0.2, 0.25) is 10.0 Å². The van der Waals surface area contributed by atoms with Gasteiger partial charge < -0.3 is 10.4 Å². The monoisotopic (exact) mass is 379 g/mol. The zero-order valence-electron chi connectivity index (χ0n) is 13.6. The smallest absolute Gasteiger partial charge is 0.273 e. The van der Waals surface area contributed by atoms with Gasteiger partial charge in [-0.1, -0.05) is 35.3 Å². The molecular formula is C18H19Cl2N3O2. The van der Waals surface area contributed by atoms with Gasteiger partial charge in [0.15, 0.2) is 11.4 Å². The predicted molar refractivity (Wildman–Crippen MR) is 98.2 cm³/mol. The number of nitrogens with zero attached hydrogens (tertiary/aromatic N) is 2. The van der Waals surface area contributed by atoms with Crippen molar-refractivity contribution in [2.75, 3.05) is 19.6 Å². The van der Waals surface area contributed by atoms with E-state index in [9.17, 15) is 9.90 Å². The third-order valence-electron chi connectivity index (χ3n) is 4.36. The summed E-state index contributed by atoms with van der Waals surface area (Å²) in [5.41, 5.74) is 0.983. The number of hydrogen-bond acceptors (Lipinski definition) is 4. The van der Waals surface area contributed by atoms with Crippen molar-refractivity contribution in [2.45, 2.75) is 18.9 Å². The topological polar surface area (TPSA) is 65.5 Å². The van der Waals surface area contributed by atoms with Gasteiger partial charge in [0, 0.05) is 17.8 Å². The third kappa shape index (κ3) is 4.24. The Hall–Kier alpha value is -1.82. The second-order valence-corrected chi connectivity index (χ2v) is 6.86. The average Bonchev–Trinajstić information content (AvgIpc) is 3.12. The van der Waals surface area contributed by atoms with Crippen molar-refractivity contribution >= 4 is 29.1 Å². The Morgan fingerprint density at radius 3 is 2.76 bits per heavy atom. The van der Waals surface area contributed by atoms with Crippen LogP contribution in [0.1, 0.15) is 34.9 Å². The van der Waals surface area contributed by atoms with Gasteiger partial charge in [-0.15, -0.1) is 0 Å². The van der Waals surface area contributed by atoms with Crippen molar-refractivity contribution in [1.82, 2.24) is 15.2 Å². The van der Waals surface area contributed by atoms with E-state index in [2.05, 4.69) is 15.2 Å². The van der Waals surface area contributed by atoms with Crippen LogP contribution in [-0.2, 0) is 0 Å². The van der Waals surface area contributed by atoms with Crippen molar-refractivity contribution < 1.29 is 9.90 Å². The number of hydrogen-bond donors (Lipinski definition) is 2. The number of pyridine rings is 1. The summed E-state index contributed by atoms with van der Waals surface area (Å²) in [4.78, 5) is 18.6. The molecule has 2 aromatic rings. The fourth-order valence-corrected chi connectivity index (χ4v) is 3.44. The number of amides is 1. The Morgan fingerprint density at radius 2 is 2.04 bits per heavy atom. The molecule has 1 fully saturated rings. The minimum absolute atomic E-state index is 0.0199. The molecule has 2 heterocycles. The highest BCUT2D eigenvalue weighted by Crippen LogP contribution is 2.28. The Bertz CT molecular complexity index is 764. The molecule has 7 heteroatoms. The van der Waals surface area contributed by atoms with Gasteiger partial charge in [-0.3, -0.25) is 9.69 Å². The van der Waals surface area contributed by atoms with Crippen LogP contribution in [0, 0.1) is 0 Å². The van der Waals surface area contributed by atoms with Gasteiger partial charge in [0.05, 0.1) is 11.1 Å². The zero-order chi connectivity index (χ0) is 17.8. The number of aromatic hydroxyl groups is 1. The number of rotatable bonds is 5. The molecule has 0 bridgehead atoms. The molecule has 1 aliphatic rings. The molecule has 5 nitrogen and oxygen atoms in total. The average molecular weight is 380 g/mol. The normalized spacial score (nSPS) is 15.9.